The number of guanidine groups is 2. The van der Waals surface area contributed by atoms with Crippen LogP contribution in [0.3, 0.4) is 0 Å². The van der Waals surface area contributed by atoms with Gasteiger partial charge in [-0.1, -0.05) is 0 Å². The lowest BCUT2D eigenvalue weighted by Gasteiger charge is -2.18. The molecule has 1 aromatic carbocycles. The van der Waals surface area contributed by atoms with Crippen LogP contribution in [0, 0.1) is 0 Å². The molecule has 0 spiro atoms. The molecule has 12 N–H and O–H groups in total. The molecule has 0 aliphatic heterocycles. The fraction of sp³-hybridized carbons (Fsp3) is 0. The second-order valence-electron chi connectivity index (χ2n) is 3.58. The van der Waals surface area contributed by atoms with Crippen LogP contribution in [0.15, 0.2) is 17.9 Å². The molecule has 0 saturated carbocycles. The van der Waals surface area contributed by atoms with Gasteiger partial charge in [0.1, 0.15) is 0 Å². The third kappa shape index (κ3) is 8.47. The van der Waals surface area contributed by atoms with Gasteiger partial charge in [0.2, 0.25) is 0 Å². The van der Waals surface area contributed by atoms with E-state index in [9.17, 15) is 19.8 Å². The van der Waals surface area contributed by atoms with Crippen LogP contribution in [0.1, 0.15) is 20.7 Å². The van der Waals surface area contributed by atoms with Crippen molar-refractivity contribution in [3.05, 3.63) is 29.0 Å². The summed E-state index contributed by atoms with van der Waals surface area (Å²) in [5.74, 6) is -3.39. The molecule has 0 amide bonds. The average Bonchev–Trinajstić information content (AvgIpc) is 2.38. The lowest BCUT2D eigenvalue weighted by atomic mass is 10.1. The molecule has 0 aliphatic rings. The van der Waals surface area contributed by atoms with Crippen molar-refractivity contribution in [2.75, 3.05) is 0 Å². The summed E-state index contributed by atoms with van der Waals surface area (Å²) in [6.07, 6.45) is 0. The van der Waals surface area contributed by atoms with Crippen LogP contribution in [0.25, 0.3) is 0 Å². The lowest BCUT2D eigenvalue weighted by Crippen LogP contribution is -2.51. The minimum atomic E-state index is -1.61. The third-order valence-electron chi connectivity index (χ3n) is 1.68. The van der Waals surface area contributed by atoms with Gasteiger partial charge < -0.3 is 19.8 Å². The van der Waals surface area contributed by atoms with E-state index in [1.165, 1.54) is 0 Å². The van der Waals surface area contributed by atoms with Gasteiger partial charge in [-0.3, -0.25) is 33.8 Å². The third-order valence-corrected chi connectivity index (χ3v) is 6.44. The van der Waals surface area contributed by atoms with Gasteiger partial charge in [-0.25, -0.2) is 0 Å². The molecule has 1 rings (SSSR count). The van der Waals surface area contributed by atoms with Gasteiger partial charge in [-0.05, 0) is 63.7 Å². The van der Waals surface area contributed by atoms with E-state index in [0.717, 1.165) is 0 Å². The molecule has 0 aromatic heterocycles. The summed E-state index contributed by atoms with van der Waals surface area (Å²) in [5.41, 5.74) is 17.4. The Balaban J connectivity index is 0. The number of hydrogen-bond donors (Lipinski definition) is 6. The number of carbonyl (C=O) groups is 2. The number of aromatic carboxylic acids is 2. The number of carboxylic acids is 2. The van der Waals surface area contributed by atoms with E-state index < -0.39 is 23.1 Å². The Kier molecular flexibility index (Phi) is 11.6. The van der Waals surface area contributed by atoms with E-state index in [4.69, 9.17) is 0 Å². The lowest BCUT2D eigenvalue weighted by molar-refractivity contribution is -0.259. The normalized spacial score (nSPS) is 8.83. The fourth-order valence-electron chi connectivity index (χ4n) is 1.02. The van der Waals surface area contributed by atoms with Gasteiger partial charge in [0.15, 0.2) is 0 Å². The van der Waals surface area contributed by atoms with Crippen LogP contribution >= 0.6 is 63.7 Å². The van der Waals surface area contributed by atoms with Gasteiger partial charge >= 0.3 is 11.9 Å². The molecule has 0 radical (unpaired) electrons. The largest absolute Gasteiger partial charge is 0.545 e. The van der Waals surface area contributed by atoms with Crippen molar-refractivity contribution in [3.8, 4) is 0 Å². The van der Waals surface area contributed by atoms with E-state index in [-0.39, 0.29) is 20.9 Å². The van der Waals surface area contributed by atoms with Crippen molar-refractivity contribution in [2.24, 2.45) is 22.9 Å². The van der Waals surface area contributed by atoms with Crippen LogP contribution in [0.5, 0.6) is 0 Å². The zero-order valence-electron chi connectivity index (χ0n) is 11.6. The summed E-state index contributed by atoms with van der Waals surface area (Å²) in [7, 11) is 0. The molecule has 0 fully saturated rings. The average molecular weight is 600 g/mol. The Morgan fingerprint density at radius 3 is 0.958 bits per heavy atom. The Morgan fingerprint density at radius 1 is 0.667 bits per heavy atom. The van der Waals surface area contributed by atoms with Gasteiger partial charge in [0.05, 0.1) is 11.9 Å². The minimum absolute atomic E-state index is 0.0711. The van der Waals surface area contributed by atoms with Crippen LogP contribution < -0.4 is 44.0 Å². The monoisotopic (exact) mass is 596 g/mol. The molecule has 10 nitrogen and oxygen atoms in total. The van der Waals surface area contributed by atoms with E-state index >= 15 is 0 Å². The first-order chi connectivity index (χ1) is 10.7. The molecule has 0 atom stereocenters. The highest BCUT2D eigenvalue weighted by Gasteiger charge is 2.20. The molecule has 0 unspecified atom stereocenters. The van der Waals surface area contributed by atoms with E-state index in [0.29, 0.717) is 8.95 Å². The van der Waals surface area contributed by atoms with Crippen LogP contribution in [0.4, 0.5) is 0 Å². The smallest absolute Gasteiger partial charge is 0.336 e. The summed E-state index contributed by atoms with van der Waals surface area (Å²) in [5, 5.41) is 30.9. The molecule has 1 aromatic rings. The summed E-state index contributed by atoms with van der Waals surface area (Å²) < 4.78 is 0.871. The van der Waals surface area contributed by atoms with E-state index in [2.05, 4.69) is 97.5 Å². The first-order valence-corrected chi connectivity index (χ1v) is 8.48. The second-order valence-corrected chi connectivity index (χ2v) is 6.75. The molecule has 0 aliphatic carbocycles. The standard InChI is InChI=1S/C8H2Br4O4.2CH5N3/c9-3-1(7(13)14)2(8(15)16)4(10)6(12)5(3)11;2*2-1(3)4/h(H,13,14)(H,15,16);2*(H5,2,3,4). The molecule has 0 bridgehead atoms. The van der Waals surface area contributed by atoms with Gasteiger partial charge in [0.25, 0.3) is 0 Å². The number of rotatable bonds is 2. The maximum Gasteiger partial charge on any atom is 0.336 e. The maximum atomic E-state index is 10.9. The number of carbonyl (C=O) groups excluding carboxylic acids is 2. The summed E-state index contributed by atoms with van der Waals surface area (Å²) in [4.78, 5) is 21.7. The number of carboxylic acid groups (broad SMARTS) is 2. The second kappa shape index (κ2) is 11.2. The molecular formula is C10H12Br4N6O4. The van der Waals surface area contributed by atoms with Crippen molar-refractivity contribution in [1.29, 1.82) is 0 Å². The summed E-state index contributed by atoms with van der Waals surface area (Å²) >= 11 is 12.2. The number of hydrogen-bond acceptors (Lipinski definition) is 4. The predicted octanol–water partition coefficient (Wildman–Crippen LogP) is -4.50. The quantitative estimate of drug-likeness (QED) is 0.0836. The zero-order valence-corrected chi connectivity index (χ0v) is 18.0. The Bertz CT molecular complexity index is 617. The highest BCUT2D eigenvalue weighted by atomic mass is 79.9. The summed E-state index contributed by atoms with van der Waals surface area (Å²) in [6.45, 7) is 0. The van der Waals surface area contributed by atoms with Crippen molar-refractivity contribution in [3.63, 3.8) is 0 Å². The Hall–Kier alpha value is -1.38. The molecule has 134 valence electrons. The Morgan fingerprint density at radius 2 is 0.833 bits per heavy atom. The first kappa shape index (κ1) is 24.9. The number of halogens is 4. The summed E-state index contributed by atoms with van der Waals surface area (Å²) in [6, 6.07) is 0. The Labute approximate surface area is 169 Å². The van der Waals surface area contributed by atoms with Crippen LogP contribution in [-0.4, -0.2) is 23.9 Å². The molecule has 14 heteroatoms. The van der Waals surface area contributed by atoms with Gasteiger partial charge in [0, 0.05) is 29.0 Å². The zero-order chi connectivity index (χ0) is 19.8. The molecule has 24 heavy (non-hydrogen) atoms. The number of nitrogens with two attached hydrogens (primary N) is 6. The SMILES string of the molecule is NC(N)=[NH2+].NC(N)=[NH2+].O=C([O-])c1c(Br)c(Br)c(Br)c(Br)c1C(=O)[O-]. The van der Waals surface area contributed by atoms with Crippen molar-refractivity contribution in [1.82, 2.24) is 0 Å². The van der Waals surface area contributed by atoms with Gasteiger partial charge in [-0.2, -0.15) is 0 Å². The highest BCUT2D eigenvalue weighted by molar-refractivity contribution is 9.15. The molecular weight excluding hydrogens is 588 g/mol. The van der Waals surface area contributed by atoms with Crippen molar-refractivity contribution < 1.29 is 30.6 Å². The molecule has 0 heterocycles. The van der Waals surface area contributed by atoms with Crippen LogP contribution in [-0.2, 0) is 0 Å². The maximum absolute atomic E-state index is 10.9. The van der Waals surface area contributed by atoms with E-state index in [1.807, 2.05) is 0 Å². The van der Waals surface area contributed by atoms with Crippen molar-refractivity contribution in [2.45, 2.75) is 0 Å². The molecule has 0 saturated heterocycles. The van der Waals surface area contributed by atoms with Crippen LogP contribution in [0.2, 0.25) is 0 Å². The van der Waals surface area contributed by atoms with E-state index in [1.54, 1.807) is 0 Å². The first-order valence-electron chi connectivity index (χ1n) is 5.30. The fourth-order valence-corrected chi connectivity index (χ4v) is 3.46. The van der Waals surface area contributed by atoms with Crippen molar-refractivity contribution >= 4 is 87.6 Å². The predicted molar refractivity (Wildman–Crippen MR) is 96.5 cm³/mol. The highest BCUT2D eigenvalue weighted by Crippen LogP contribution is 2.41. The number of benzene rings is 1. The van der Waals surface area contributed by atoms with Gasteiger partial charge in [-0.15, -0.1) is 0 Å². The minimum Gasteiger partial charge on any atom is -0.545 e. The topological polar surface area (TPSA) is 236 Å².